The molecule has 18 heavy (non-hydrogen) atoms. The summed E-state index contributed by atoms with van der Waals surface area (Å²) in [5.41, 5.74) is 6.17. The molecule has 5 nitrogen and oxygen atoms in total. The molecule has 0 aliphatic carbocycles. The van der Waals surface area contributed by atoms with Crippen LogP contribution in [0.2, 0.25) is 0 Å². The quantitative estimate of drug-likeness (QED) is 0.748. The van der Waals surface area contributed by atoms with Crippen LogP contribution in [0.1, 0.15) is 43.5 Å². The first-order valence-electron chi connectivity index (χ1n) is 6.08. The number of hydrogen-bond donors (Lipinski definition) is 1. The highest BCUT2D eigenvalue weighted by Crippen LogP contribution is 2.26. The van der Waals surface area contributed by atoms with Crippen molar-refractivity contribution >= 4 is 5.78 Å². The molecule has 0 saturated carbocycles. The highest BCUT2D eigenvalue weighted by molar-refractivity contribution is 5.95. The van der Waals surface area contributed by atoms with E-state index in [1.807, 2.05) is 0 Å². The monoisotopic (exact) mass is 251 g/mol. The minimum Gasteiger partial charge on any atom is -0.467 e. The van der Waals surface area contributed by atoms with Crippen molar-refractivity contribution in [3.63, 3.8) is 0 Å². The van der Waals surface area contributed by atoms with Crippen LogP contribution in [0.25, 0.3) is 0 Å². The lowest BCUT2D eigenvalue weighted by Gasteiger charge is -2.23. The Hall–Kier alpha value is -1.49. The number of rotatable bonds is 7. The van der Waals surface area contributed by atoms with Gasteiger partial charge in [-0.25, -0.2) is 9.97 Å². The number of ketones is 1. The Morgan fingerprint density at radius 1 is 1.33 bits per heavy atom. The second-order valence-corrected chi connectivity index (χ2v) is 5.08. The van der Waals surface area contributed by atoms with Gasteiger partial charge in [0.05, 0.1) is 12.7 Å². The van der Waals surface area contributed by atoms with Gasteiger partial charge in [0.15, 0.2) is 5.78 Å². The zero-order chi connectivity index (χ0) is 13.6. The van der Waals surface area contributed by atoms with Crippen LogP contribution in [0.15, 0.2) is 12.4 Å². The number of Topliss-reactive ketones (excluding diaryl/α,β-unsaturated/α-hetero) is 1. The molecule has 100 valence electrons. The van der Waals surface area contributed by atoms with Crippen LogP contribution < -0.4 is 10.5 Å². The molecule has 0 saturated heterocycles. The van der Waals surface area contributed by atoms with E-state index >= 15 is 0 Å². The molecule has 0 bridgehead atoms. The minimum absolute atomic E-state index is 0.0581. The SMILES string of the molecule is COc1ncc(C(=O)CCC(C)(C)CCN)cn1. The van der Waals surface area contributed by atoms with Crippen molar-refractivity contribution in [2.75, 3.05) is 13.7 Å². The normalized spacial score (nSPS) is 11.3. The van der Waals surface area contributed by atoms with Crippen LogP contribution >= 0.6 is 0 Å². The van der Waals surface area contributed by atoms with E-state index in [0.29, 0.717) is 18.5 Å². The Balaban J connectivity index is 2.54. The van der Waals surface area contributed by atoms with E-state index in [2.05, 4.69) is 23.8 Å². The summed E-state index contributed by atoms with van der Waals surface area (Å²) in [4.78, 5) is 19.8. The number of carbonyl (C=O) groups is 1. The summed E-state index contributed by atoms with van der Waals surface area (Å²) in [6.07, 6.45) is 5.23. The van der Waals surface area contributed by atoms with Crippen molar-refractivity contribution in [1.82, 2.24) is 9.97 Å². The average Bonchev–Trinajstić information content (AvgIpc) is 2.36. The van der Waals surface area contributed by atoms with Crippen LogP contribution in [-0.4, -0.2) is 29.4 Å². The van der Waals surface area contributed by atoms with Gasteiger partial charge in [-0.1, -0.05) is 13.8 Å². The van der Waals surface area contributed by atoms with E-state index in [9.17, 15) is 4.79 Å². The Morgan fingerprint density at radius 3 is 2.44 bits per heavy atom. The molecule has 0 aliphatic rings. The second-order valence-electron chi connectivity index (χ2n) is 5.08. The highest BCUT2D eigenvalue weighted by atomic mass is 16.5. The first kappa shape index (κ1) is 14.6. The van der Waals surface area contributed by atoms with Crippen LogP contribution in [0.3, 0.4) is 0 Å². The number of nitrogens with two attached hydrogens (primary N) is 1. The number of nitrogens with zero attached hydrogens (tertiary/aromatic N) is 2. The van der Waals surface area contributed by atoms with Gasteiger partial charge < -0.3 is 10.5 Å². The molecule has 1 aromatic heterocycles. The van der Waals surface area contributed by atoms with Gasteiger partial charge in [-0.15, -0.1) is 0 Å². The van der Waals surface area contributed by atoms with E-state index < -0.39 is 0 Å². The highest BCUT2D eigenvalue weighted by Gasteiger charge is 2.19. The molecular weight excluding hydrogens is 230 g/mol. The summed E-state index contributed by atoms with van der Waals surface area (Å²) in [5, 5.41) is 0. The van der Waals surface area contributed by atoms with Crippen molar-refractivity contribution in [3.05, 3.63) is 18.0 Å². The number of methoxy groups -OCH3 is 1. The van der Waals surface area contributed by atoms with Crippen LogP contribution in [-0.2, 0) is 0 Å². The van der Waals surface area contributed by atoms with E-state index in [-0.39, 0.29) is 17.2 Å². The van der Waals surface area contributed by atoms with Crippen LogP contribution in [0.4, 0.5) is 0 Å². The third-order valence-electron chi connectivity index (χ3n) is 2.98. The van der Waals surface area contributed by atoms with Crippen molar-refractivity contribution in [2.24, 2.45) is 11.1 Å². The number of carbonyl (C=O) groups excluding carboxylic acids is 1. The van der Waals surface area contributed by atoms with Gasteiger partial charge >= 0.3 is 6.01 Å². The lowest BCUT2D eigenvalue weighted by Crippen LogP contribution is -2.18. The molecular formula is C13H21N3O2. The molecule has 0 atom stereocenters. The summed E-state index contributed by atoms with van der Waals surface area (Å²) >= 11 is 0. The predicted octanol–water partition coefficient (Wildman–Crippen LogP) is 1.82. The molecule has 2 N–H and O–H groups in total. The average molecular weight is 251 g/mol. The van der Waals surface area contributed by atoms with Gasteiger partial charge in [-0.3, -0.25) is 4.79 Å². The van der Waals surface area contributed by atoms with Gasteiger partial charge in [0, 0.05) is 18.8 Å². The maximum atomic E-state index is 11.9. The summed E-state index contributed by atoms with van der Waals surface area (Å²) in [6.45, 7) is 4.89. The van der Waals surface area contributed by atoms with E-state index in [0.717, 1.165) is 12.8 Å². The van der Waals surface area contributed by atoms with E-state index in [1.165, 1.54) is 19.5 Å². The second kappa shape index (κ2) is 6.44. The number of ether oxygens (including phenoxy) is 1. The summed E-state index contributed by atoms with van der Waals surface area (Å²) < 4.78 is 4.85. The molecule has 0 aliphatic heterocycles. The molecule has 1 aromatic rings. The topological polar surface area (TPSA) is 78.1 Å². The fraction of sp³-hybridized carbons (Fsp3) is 0.615. The van der Waals surface area contributed by atoms with Crippen LogP contribution in [0.5, 0.6) is 6.01 Å². The Bertz CT molecular complexity index is 388. The third-order valence-corrected chi connectivity index (χ3v) is 2.98. The molecule has 0 aromatic carbocycles. The fourth-order valence-corrected chi connectivity index (χ4v) is 1.68. The standard InChI is InChI=1S/C13H21N3O2/c1-13(2,6-7-14)5-4-11(17)10-8-15-12(18-3)16-9-10/h8-9H,4-7,14H2,1-3H3. The lowest BCUT2D eigenvalue weighted by atomic mass is 9.83. The van der Waals surface area contributed by atoms with Gasteiger partial charge in [0.2, 0.25) is 0 Å². The maximum Gasteiger partial charge on any atom is 0.316 e. The minimum atomic E-state index is 0.0581. The fourth-order valence-electron chi connectivity index (χ4n) is 1.68. The molecule has 0 fully saturated rings. The summed E-state index contributed by atoms with van der Waals surface area (Å²) in [5.74, 6) is 0.0581. The molecule has 0 spiro atoms. The third kappa shape index (κ3) is 4.41. The van der Waals surface area contributed by atoms with Crippen molar-refractivity contribution in [3.8, 4) is 6.01 Å². The van der Waals surface area contributed by atoms with Crippen molar-refractivity contribution in [2.45, 2.75) is 33.1 Å². The van der Waals surface area contributed by atoms with E-state index in [1.54, 1.807) is 0 Å². The van der Waals surface area contributed by atoms with E-state index in [4.69, 9.17) is 10.5 Å². The van der Waals surface area contributed by atoms with Gasteiger partial charge in [-0.2, -0.15) is 0 Å². The van der Waals surface area contributed by atoms with Gasteiger partial charge in [0.1, 0.15) is 0 Å². The lowest BCUT2D eigenvalue weighted by molar-refractivity contribution is 0.0960. The first-order chi connectivity index (χ1) is 8.48. The first-order valence-corrected chi connectivity index (χ1v) is 6.08. The van der Waals surface area contributed by atoms with Gasteiger partial charge in [-0.05, 0) is 24.8 Å². The molecule has 0 amide bonds. The van der Waals surface area contributed by atoms with Crippen molar-refractivity contribution < 1.29 is 9.53 Å². The Labute approximate surface area is 108 Å². The molecule has 5 heteroatoms. The number of hydrogen-bond acceptors (Lipinski definition) is 5. The Kier molecular flexibility index (Phi) is 5.22. The number of aromatic nitrogens is 2. The molecule has 1 heterocycles. The smallest absolute Gasteiger partial charge is 0.316 e. The molecule has 0 unspecified atom stereocenters. The zero-order valence-electron chi connectivity index (χ0n) is 11.3. The summed E-state index contributed by atoms with van der Waals surface area (Å²) in [7, 11) is 1.49. The van der Waals surface area contributed by atoms with Crippen LogP contribution in [0, 0.1) is 5.41 Å². The van der Waals surface area contributed by atoms with Gasteiger partial charge in [0.25, 0.3) is 0 Å². The maximum absolute atomic E-state index is 11.9. The zero-order valence-corrected chi connectivity index (χ0v) is 11.3. The summed E-state index contributed by atoms with van der Waals surface area (Å²) in [6, 6.07) is 0.273. The Morgan fingerprint density at radius 2 is 1.94 bits per heavy atom. The molecule has 1 rings (SSSR count). The van der Waals surface area contributed by atoms with Crippen molar-refractivity contribution in [1.29, 1.82) is 0 Å². The molecule has 0 radical (unpaired) electrons. The predicted molar refractivity (Wildman–Crippen MR) is 69.6 cm³/mol. The largest absolute Gasteiger partial charge is 0.467 e.